The molecule has 1 fully saturated rings. The Morgan fingerprint density at radius 2 is 2.00 bits per heavy atom. The van der Waals surface area contributed by atoms with Crippen molar-refractivity contribution in [2.75, 3.05) is 18.0 Å². The summed E-state index contributed by atoms with van der Waals surface area (Å²) in [6.45, 7) is 3.01. The minimum absolute atomic E-state index is 0.0834. The Morgan fingerprint density at radius 3 is 2.69 bits per heavy atom. The van der Waals surface area contributed by atoms with E-state index in [0.717, 1.165) is 5.56 Å². The van der Waals surface area contributed by atoms with Crippen LogP contribution in [0.3, 0.4) is 0 Å². The monoisotopic (exact) mass is 392 g/mol. The summed E-state index contributed by atoms with van der Waals surface area (Å²) in [5, 5.41) is 21.1. The molecule has 0 amide bonds. The van der Waals surface area contributed by atoms with E-state index < -0.39 is 4.92 Å². The van der Waals surface area contributed by atoms with Crippen LogP contribution in [0.25, 0.3) is 10.9 Å². The van der Waals surface area contributed by atoms with Gasteiger partial charge < -0.3 is 9.64 Å². The molecule has 2 aromatic carbocycles. The van der Waals surface area contributed by atoms with Gasteiger partial charge in [0.1, 0.15) is 17.7 Å². The average Bonchev–Trinajstić information content (AvgIpc) is 2.72. The molecular formula is C21H17FN4O3. The zero-order chi connectivity index (χ0) is 20.5. The van der Waals surface area contributed by atoms with Crippen LogP contribution in [0.15, 0.2) is 48.5 Å². The number of pyridine rings is 1. The maximum atomic E-state index is 13.2. The molecule has 2 heterocycles. The molecule has 2 unspecified atom stereocenters. The smallest absolute Gasteiger partial charge is 0.270 e. The topological polar surface area (TPSA) is 92.3 Å². The number of nitro groups is 1. The number of morpholine rings is 1. The number of benzene rings is 2. The number of hydrogen-bond donors (Lipinski definition) is 0. The first-order valence-electron chi connectivity index (χ1n) is 9.10. The van der Waals surface area contributed by atoms with Crippen molar-refractivity contribution in [3.8, 4) is 6.07 Å². The van der Waals surface area contributed by atoms with Crippen molar-refractivity contribution in [1.82, 2.24) is 4.98 Å². The highest BCUT2D eigenvalue weighted by Gasteiger charge is 2.28. The predicted octanol–water partition coefficient (Wildman–Crippen LogP) is 4.12. The number of ether oxygens (including phenoxy) is 1. The fourth-order valence-corrected chi connectivity index (χ4v) is 3.57. The maximum absolute atomic E-state index is 13.2. The number of nitrogens with zero attached hydrogens (tertiary/aromatic N) is 4. The molecule has 0 bridgehead atoms. The highest BCUT2D eigenvalue weighted by atomic mass is 19.1. The molecule has 146 valence electrons. The molecule has 1 aliphatic rings. The Hall–Kier alpha value is -3.57. The average molecular weight is 392 g/mol. The Morgan fingerprint density at radius 1 is 1.24 bits per heavy atom. The zero-order valence-electron chi connectivity index (χ0n) is 15.6. The summed E-state index contributed by atoms with van der Waals surface area (Å²) >= 11 is 0. The van der Waals surface area contributed by atoms with Gasteiger partial charge in [-0.3, -0.25) is 10.1 Å². The van der Waals surface area contributed by atoms with Crippen molar-refractivity contribution in [2.24, 2.45) is 0 Å². The SMILES string of the molecule is CC1CN(c2cc(C#N)c3cc([N+](=O)[O-])ccc3n2)CC(c2ccc(F)cc2)O1. The number of non-ortho nitro benzene ring substituents is 1. The number of hydrogen-bond acceptors (Lipinski definition) is 6. The van der Waals surface area contributed by atoms with Gasteiger partial charge in [-0.15, -0.1) is 0 Å². The van der Waals surface area contributed by atoms with E-state index in [2.05, 4.69) is 11.1 Å². The summed E-state index contributed by atoms with van der Waals surface area (Å²) in [6, 6.07) is 14.3. The minimum atomic E-state index is -0.495. The molecule has 4 rings (SSSR count). The number of nitriles is 1. The molecule has 3 aromatic rings. The predicted molar refractivity (Wildman–Crippen MR) is 105 cm³/mol. The van der Waals surface area contributed by atoms with Crippen molar-refractivity contribution < 1.29 is 14.1 Å². The largest absolute Gasteiger partial charge is 0.367 e. The lowest BCUT2D eigenvalue weighted by Gasteiger charge is -2.38. The van der Waals surface area contributed by atoms with Crippen LogP contribution in [-0.4, -0.2) is 29.1 Å². The summed E-state index contributed by atoms with van der Waals surface area (Å²) in [5.41, 5.74) is 1.62. The lowest BCUT2D eigenvalue weighted by molar-refractivity contribution is -0.384. The second-order valence-corrected chi connectivity index (χ2v) is 6.99. The van der Waals surface area contributed by atoms with Crippen LogP contribution in [0.5, 0.6) is 0 Å². The zero-order valence-corrected chi connectivity index (χ0v) is 15.6. The molecule has 0 saturated carbocycles. The molecule has 1 aliphatic heterocycles. The van der Waals surface area contributed by atoms with Crippen LogP contribution in [0, 0.1) is 27.3 Å². The second-order valence-electron chi connectivity index (χ2n) is 6.99. The molecule has 0 radical (unpaired) electrons. The van der Waals surface area contributed by atoms with Crippen LogP contribution >= 0.6 is 0 Å². The quantitative estimate of drug-likeness (QED) is 0.492. The maximum Gasteiger partial charge on any atom is 0.270 e. The fourth-order valence-electron chi connectivity index (χ4n) is 3.57. The van der Waals surface area contributed by atoms with Gasteiger partial charge in [-0.2, -0.15) is 5.26 Å². The van der Waals surface area contributed by atoms with E-state index in [9.17, 15) is 19.8 Å². The minimum Gasteiger partial charge on any atom is -0.367 e. The molecule has 1 aromatic heterocycles. The first-order valence-corrected chi connectivity index (χ1v) is 9.10. The highest BCUT2D eigenvalue weighted by Crippen LogP contribution is 2.31. The van der Waals surface area contributed by atoms with Crippen LogP contribution < -0.4 is 4.90 Å². The molecule has 1 saturated heterocycles. The van der Waals surface area contributed by atoms with E-state index in [0.29, 0.717) is 35.4 Å². The van der Waals surface area contributed by atoms with Gasteiger partial charge in [0.2, 0.25) is 0 Å². The van der Waals surface area contributed by atoms with E-state index in [-0.39, 0.29) is 23.7 Å². The summed E-state index contributed by atoms with van der Waals surface area (Å²) in [5.74, 6) is 0.295. The summed E-state index contributed by atoms with van der Waals surface area (Å²) in [7, 11) is 0. The van der Waals surface area contributed by atoms with Gasteiger partial charge in [0, 0.05) is 30.6 Å². The molecule has 0 aliphatic carbocycles. The van der Waals surface area contributed by atoms with E-state index in [1.54, 1.807) is 24.3 Å². The summed E-state index contributed by atoms with van der Waals surface area (Å²) in [4.78, 5) is 17.2. The standard InChI is InChI=1S/C21H17FN4O3/c1-13-11-25(12-20(29-13)14-2-4-16(22)5-3-14)21-8-15(10-23)18-9-17(26(27)28)6-7-19(18)24-21/h2-9,13,20H,11-12H2,1H3. The Balaban J connectivity index is 1.71. The van der Waals surface area contributed by atoms with Crippen molar-refractivity contribution >= 4 is 22.4 Å². The first kappa shape index (κ1) is 18.8. The normalized spacial score (nSPS) is 19.1. The van der Waals surface area contributed by atoms with Crippen molar-refractivity contribution in [1.29, 1.82) is 5.26 Å². The lowest BCUT2D eigenvalue weighted by Crippen LogP contribution is -2.43. The molecule has 0 N–H and O–H groups in total. The number of fused-ring (bicyclic) bond motifs is 1. The third kappa shape index (κ3) is 3.73. The highest BCUT2D eigenvalue weighted by molar-refractivity contribution is 5.88. The van der Waals surface area contributed by atoms with Crippen molar-refractivity contribution in [3.63, 3.8) is 0 Å². The molecule has 7 nitrogen and oxygen atoms in total. The molecule has 2 atom stereocenters. The molecule has 0 spiro atoms. The van der Waals surface area contributed by atoms with Crippen LogP contribution in [0.4, 0.5) is 15.9 Å². The van der Waals surface area contributed by atoms with Crippen LogP contribution in [0.1, 0.15) is 24.2 Å². The van der Waals surface area contributed by atoms with Crippen LogP contribution in [-0.2, 0) is 4.74 Å². The Bertz CT molecular complexity index is 1130. The van der Waals surface area contributed by atoms with Gasteiger partial charge in [0.15, 0.2) is 0 Å². The summed E-state index contributed by atoms with van der Waals surface area (Å²) < 4.78 is 19.3. The number of anilines is 1. The Kier molecular flexibility index (Phi) is 4.82. The van der Waals surface area contributed by atoms with Gasteiger partial charge in [0.05, 0.1) is 28.2 Å². The van der Waals surface area contributed by atoms with E-state index in [4.69, 9.17) is 4.74 Å². The van der Waals surface area contributed by atoms with Gasteiger partial charge in [-0.05, 0) is 36.8 Å². The number of halogens is 1. The summed E-state index contributed by atoms with van der Waals surface area (Å²) in [6.07, 6.45) is -0.363. The number of nitro benzene ring substituents is 1. The van der Waals surface area contributed by atoms with Crippen LogP contribution in [0.2, 0.25) is 0 Å². The van der Waals surface area contributed by atoms with Gasteiger partial charge in [0.25, 0.3) is 5.69 Å². The van der Waals surface area contributed by atoms with Crippen molar-refractivity contribution in [2.45, 2.75) is 19.1 Å². The van der Waals surface area contributed by atoms with Gasteiger partial charge >= 0.3 is 0 Å². The third-order valence-corrected chi connectivity index (χ3v) is 4.94. The molecular weight excluding hydrogens is 375 g/mol. The third-order valence-electron chi connectivity index (χ3n) is 4.94. The van der Waals surface area contributed by atoms with E-state index in [1.165, 1.54) is 24.3 Å². The van der Waals surface area contributed by atoms with E-state index >= 15 is 0 Å². The molecule has 29 heavy (non-hydrogen) atoms. The van der Waals surface area contributed by atoms with E-state index in [1.807, 2.05) is 11.8 Å². The number of aromatic nitrogens is 1. The Labute approximate surface area is 166 Å². The van der Waals surface area contributed by atoms with Crippen molar-refractivity contribution in [3.05, 3.63) is 75.6 Å². The van der Waals surface area contributed by atoms with Gasteiger partial charge in [-0.1, -0.05) is 12.1 Å². The first-order chi connectivity index (χ1) is 13.9. The second kappa shape index (κ2) is 7.45. The fraction of sp³-hybridized carbons (Fsp3) is 0.238. The lowest BCUT2D eigenvalue weighted by atomic mass is 10.1. The van der Waals surface area contributed by atoms with Gasteiger partial charge in [-0.25, -0.2) is 9.37 Å². The number of rotatable bonds is 3. The molecule has 8 heteroatoms.